The van der Waals surface area contributed by atoms with Gasteiger partial charge < -0.3 is 15.6 Å². The Labute approximate surface area is 90.8 Å². The van der Waals surface area contributed by atoms with Crippen molar-refractivity contribution >= 4 is 23.0 Å². The minimum Gasteiger partial charge on any atom is -0.544 e. The lowest BCUT2D eigenvalue weighted by molar-refractivity contribution is -0.254. The van der Waals surface area contributed by atoms with Crippen molar-refractivity contribution in [3.8, 4) is 10.4 Å². The highest BCUT2D eigenvalue weighted by Crippen LogP contribution is 2.32. The predicted octanol–water partition coefficient (Wildman–Crippen LogP) is 1.36. The number of carbonyl (C=O) groups is 1. The fraction of sp³-hybridized carbons (Fsp3) is 0. The summed E-state index contributed by atoms with van der Waals surface area (Å²) >= 11 is 1.13. The molecule has 0 spiro atoms. The van der Waals surface area contributed by atoms with Crippen LogP contribution in [-0.2, 0) is 0 Å². The van der Waals surface area contributed by atoms with E-state index in [2.05, 4.69) is 0 Å². The largest absolute Gasteiger partial charge is 0.544 e. The topological polar surface area (TPSA) is 66.2 Å². The van der Waals surface area contributed by atoms with Crippen LogP contribution in [0.3, 0.4) is 0 Å². The molecule has 0 saturated heterocycles. The zero-order valence-corrected chi connectivity index (χ0v) is 8.58. The summed E-state index contributed by atoms with van der Waals surface area (Å²) in [5.41, 5.74) is 6.79. The van der Waals surface area contributed by atoms with Gasteiger partial charge in [-0.2, -0.15) is 0 Å². The lowest BCUT2D eigenvalue weighted by atomic mass is 10.2. The van der Waals surface area contributed by atoms with Crippen LogP contribution in [0.2, 0.25) is 0 Å². The molecule has 2 N–H and O–H groups in total. The number of hydrogen-bond acceptors (Lipinski definition) is 4. The Balaban J connectivity index is 2.48. The molecule has 0 fully saturated rings. The Morgan fingerprint density at radius 1 is 1.27 bits per heavy atom. The van der Waals surface area contributed by atoms with Crippen molar-refractivity contribution in [2.75, 3.05) is 5.73 Å². The molecule has 1 aromatic heterocycles. The zero-order chi connectivity index (χ0) is 10.8. The standard InChI is InChI=1S/C11H9NO2S/c12-8-6-9(15-10(8)11(13)14)7-4-2-1-3-5-7/h1-6H,12H2,(H,13,14)/p-1. The van der Waals surface area contributed by atoms with Crippen LogP contribution in [0.15, 0.2) is 36.4 Å². The second kappa shape index (κ2) is 3.74. The smallest absolute Gasteiger partial charge is 0.0836 e. The molecule has 0 saturated carbocycles. The molecule has 0 aliphatic carbocycles. The van der Waals surface area contributed by atoms with Crippen LogP contribution < -0.4 is 10.8 Å². The number of carboxylic acid groups (broad SMARTS) is 1. The summed E-state index contributed by atoms with van der Waals surface area (Å²) in [7, 11) is 0. The fourth-order valence-corrected chi connectivity index (χ4v) is 2.23. The predicted molar refractivity (Wildman–Crippen MR) is 58.5 cm³/mol. The number of anilines is 1. The number of nitrogen functional groups attached to an aromatic ring is 1. The van der Waals surface area contributed by atoms with E-state index in [-0.39, 0.29) is 10.6 Å². The molecule has 0 bridgehead atoms. The Morgan fingerprint density at radius 3 is 2.47 bits per heavy atom. The molecular weight excluding hydrogens is 210 g/mol. The van der Waals surface area contributed by atoms with E-state index in [9.17, 15) is 9.90 Å². The number of nitrogens with two attached hydrogens (primary N) is 1. The lowest BCUT2D eigenvalue weighted by Gasteiger charge is -1.97. The Morgan fingerprint density at radius 2 is 1.93 bits per heavy atom. The summed E-state index contributed by atoms with van der Waals surface area (Å²) in [5, 5.41) is 10.7. The maximum Gasteiger partial charge on any atom is 0.0836 e. The van der Waals surface area contributed by atoms with Gasteiger partial charge in [0.25, 0.3) is 0 Å². The first-order chi connectivity index (χ1) is 7.18. The lowest BCUT2D eigenvalue weighted by Crippen LogP contribution is -2.21. The van der Waals surface area contributed by atoms with Crippen LogP contribution in [-0.4, -0.2) is 5.97 Å². The van der Waals surface area contributed by atoms with E-state index in [0.717, 1.165) is 21.8 Å². The molecule has 1 heterocycles. The minimum atomic E-state index is -1.22. The molecule has 0 atom stereocenters. The summed E-state index contributed by atoms with van der Waals surface area (Å²) < 4.78 is 0. The monoisotopic (exact) mass is 218 g/mol. The molecule has 0 aliphatic heterocycles. The van der Waals surface area contributed by atoms with Crippen LogP contribution in [0.4, 0.5) is 5.69 Å². The number of rotatable bonds is 2. The maximum atomic E-state index is 10.7. The molecule has 4 heteroatoms. The SMILES string of the molecule is Nc1cc(-c2ccccc2)sc1C(=O)[O-]. The highest BCUT2D eigenvalue weighted by molar-refractivity contribution is 7.17. The number of aromatic carboxylic acids is 1. The van der Waals surface area contributed by atoms with Crippen LogP contribution in [0.25, 0.3) is 10.4 Å². The fourth-order valence-electron chi connectivity index (χ4n) is 1.31. The molecule has 0 amide bonds. The van der Waals surface area contributed by atoms with Gasteiger partial charge in [-0.15, -0.1) is 11.3 Å². The van der Waals surface area contributed by atoms with Crippen LogP contribution in [0.1, 0.15) is 9.67 Å². The normalized spacial score (nSPS) is 10.1. The van der Waals surface area contributed by atoms with Gasteiger partial charge >= 0.3 is 0 Å². The van der Waals surface area contributed by atoms with Gasteiger partial charge in [0, 0.05) is 4.88 Å². The van der Waals surface area contributed by atoms with Crippen LogP contribution in [0.5, 0.6) is 0 Å². The third-order valence-corrected chi connectivity index (χ3v) is 3.18. The molecule has 2 aromatic rings. The van der Waals surface area contributed by atoms with E-state index >= 15 is 0 Å². The van der Waals surface area contributed by atoms with Crippen molar-refractivity contribution in [2.24, 2.45) is 0 Å². The van der Waals surface area contributed by atoms with E-state index in [1.54, 1.807) is 6.07 Å². The van der Waals surface area contributed by atoms with E-state index in [1.165, 1.54) is 0 Å². The zero-order valence-electron chi connectivity index (χ0n) is 7.77. The van der Waals surface area contributed by atoms with Crippen molar-refractivity contribution in [3.63, 3.8) is 0 Å². The van der Waals surface area contributed by atoms with Crippen LogP contribution in [0, 0.1) is 0 Å². The van der Waals surface area contributed by atoms with Crippen molar-refractivity contribution in [3.05, 3.63) is 41.3 Å². The van der Waals surface area contributed by atoms with E-state index in [1.807, 2.05) is 30.3 Å². The van der Waals surface area contributed by atoms with E-state index in [0.29, 0.717) is 0 Å². The minimum absolute atomic E-state index is 0.0915. The van der Waals surface area contributed by atoms with Gasteiger partial charge in [-0.3, -0.25) is 0 Å². The van der Waals surface area contributed by atoms with Gasteiger partial charge in [-0.1, -0.05) is 30.3 Å². The molecule has 0 unspecified atom stereocenters. The van der Waals surface area contributed by atoms with Crippen molar-refractivity contribution in [1.29, 1.82) is 0 Å². The molecule has 0 radical (unpaired) electrons. The third-order valence-electron chi connectivity index (χ3n) is 2.00. The first kappa shape index (κ1) is 9.73. The van der Waals surface area contributed by atoms with Crippen molar-refractivity contribution in [2.45, 2.75) is 0 Å². The van der Waals surface area contributed by atoms with Gasteiger partial charge in [-0.05, 0) is 11.6 Å². The quantitative estimate of drug-likeness (QED) is 0.827. The summed E-state index contributed by atoms with van der Waals surface area (Å²) in [6, 6.07) is 11.2. The molecule has 3 nitrogen and oxygen atoms in total. The van der Waals surface area contributed by atoms with Gasteiger partial charge in [0.05, 0.1) is 16.5 Å². The second-order valence-corrected chi connectivity index (χ2v) is 4.10. The van der Waals surface area contributed by atoms with E-state index < -0.39 is 5.97 Å². The summed E-state index contributed by atoms with van der Waals surface area (Å²) in [6.07, 6.45) is 0. The van der Waals surface area contributed by atoms with Crippen molar-refractivity contribution < 1.29 is 9.90 Å². The third kappa shape index (κ3) is 1.85. The molecule has 2 rings (SSSR count). The first-order valence-electron chi connectivity index (χ1n) is 4.34. The Bertz CT molecular complexity index is 491. The number of carbonyl (C=O) groups excluding carboxylic acids is 1. The molecular formula is C11H8NO2S-. The average molecular weight is 218 g/mol. The summed E-state index contributed by atoms with van der Waals surface area (Å²) in [5.74, 6) is -1.22. The Kier molecular flexibility index (Phi) is 2.43. The number of benzene rings is 1. The second-order valence-electron chi connectivity index (χ2n) is 3.05. The summed E-state index contributed by atoms with van der Waals surface area (Å²) in [4.78, 5) is 11.6. The molecule has 76 valence electrons. The number of hydrogen-bond donors (Lipinski definition) is 1. The molecule has 15 heavy (non-hydrogen) atoms. The van der Waals surface area contributed by atoms with Crippen LogP contribution >= 0.6 is 11.3 Å². The average Bonchev–Trinajstić information content (AvgIpc) is 2.62. The number of thiophene rings is 1. The van der Waals surface area contributed by atoms with Gasteiger partial charge in [0.15, 0.2) is 0 Å². The summed E-state index contributed by atoms with van der Waals surface area (Å²) in [6.45, 7) is 0. The van der Waals surface area contributed by atoms with Gasteiger partial charge in [0.1, 0.15) is 0 Å². The highest BCUT2D eigenvalue weighted by atomic mass is 32.1. The number of carboxylic acids is 1. The van der Waals surface area contributed by atoms with Gasteiger partial charge in [0.2, 0.25) is 0 Å². The molecule has 1 aromatic carbocycles. The van der Waals surface area contributed by atoms with Gasteiger partial charge in [-0.25, -0.2) is 0 Å². The van der Waals surface area contributed by atoms with Crippen molar-refractivity contribution in [1.82, 2.24) is 0 Å². The van der Waals surface area contributed by atoms with E-state index in [4.69, 9.17) is 5.73 Å². The maximum absolute atomic E-state index is 10.7. The Hall–Kier alpha value is -1.81. The molecule has 0 aliphatic rings. The highest BCUT2D eigenvalue weighted by Gasteiger charge is 2.08. The first-order valence-corrected chi connectivity index (χ1v) is 5.16.